The third-order valence-corrected chi connectivity index (χ3v) is 4.28. The lowest BCUT2D eigenvalue weighted by atomic mass is 10.1. The first kappa shape index (κ1) is 16.7. The normalized spacial score (nSPS) is 22.3. The van der Waals surface area contributed by atoms with E-state index >= 15 is 0 Å². The van der Waals surface area contributed by atoms with Crippen LogP contribution in [0, 0.1) is 11.3 Å². The maximum Gasteiger partial charge on any atom is 0.144 e. The van der Waals surface area contributed by atoms with Crippen molar-refractivity contribution >= 4 is 5.82 Å². The molecule has 0 aliphatic carbocycles. The van der Waals surface area contributed by atoms with Crippen LogP contribution in [0.5, 0.6) is 0 Å². The Labute approximate surface area is 133 Å². The van der Waals surface area contributed by atoms with E-state index in [2.05, 4.69) is 49.0 Å². The largest absolute Gasteiger partial charge is 0.378 e. The molecule has 1 aliphatic heterocycles. The number of hydrogen-bond donors (Lipinski definition) is 1. The SMILES string of the molecule is CO[C@H]1CN(C(C)C)C[C@@H]1Nc1nc(C(C)C)ccc1C#N. The van der Waals surface area contributed by atoms with Crippen molar-refractivity contribution in [1.29, 1.82) is 5.26 Å². The lowest BCUT2D eigenvalue weighted by molar-refractivity contribution is 0.0983. The molecule has 0 bridgehead atoms. The highest BCUT2D eigenvalue weighted by atomic mass is 16.5. The van der Waals surface area contributed by atoms with E-state index < -0.39 is 0 Å². The predicted octanol–water partition coefficient (Wildman–Crippen LogP) is 2.60. The summed E-state index contributed by atoms with van der Waals surface area (Å²) in [6, 6.07) is 6.63. The minimum absolute atomic E-state index is 0.110. The van der Waals surface area contributed by atoms with Gasteiger partial charge in [0.05, 0.1) is 17.7 Å². The van der Waals surface area contributed by atoms with Crippen LogP contribution < -0.4 is 5.32 Å². The summed E-state index contributed by atoms with van der Waals surface area (Å²) < 4.78 is 5.61. The first-order chi connectivity index (χ1) is 10.5. The Hall–Kier alpha value is -1.64. The highest BCUT2D eigenvalue weighted by Crippen LogP contribution is 2.23. The average Bonchev–Trinajstić information content (AvgIpc) is 2.90. The Balaban J connectivity index is 2.22. The molecule has 1 N–H and O–H groups in total. The van der Waals surface area contributed by atoms with Gasteiger partial charge in [-0.25, -0.2) is 4.98 Å². The number of hydrogen-bond acceptors (Lipinski definition) is 5. The molecule has 0 spiro atoms. The number of pyridine rings is 1. The summed E-state index contributed by atoms with van der Waals surface area (Å²) in [7, 11) is 1.74. The lowest BCUT2D eigenvalue weighted by Crippen LogP contribution is -2.34. The van der Waals surface area contributed by atoms with E-state index in [-0.39, 0.29) is 12.1 Å². The molecule has 0 amide bonds. The Kier molecular flexibility index (Phi) is 5.38. The fourth-order valence-electron chi connectivity index (χ4n) is 2.77. The van der Waals surface area contributed by atoms with Crippen LogP contribution in [0.25, 0.3) is 0 Å². The van der Waals surface area contributed by atoms with E-state index in [0.717, 1.165) is 18.8 Å². The molecule has 1 saturated heterocycles. The quantitative estimate of drug-likeness (QED) is 0.906. The second-order valence-electron chi connectivity index (χ2n) is 6.47. The standard InChI is InChI=1S/C17H26N4O/c1-11(2)14-7-6-13(8-18)17(19-14)20-15-9-21(12(3)4)10-16(15)22-5/h6-7,11-12,15-16H,9-10H2,1-5H3,(H,19,20)/t15-,16-/m0/s1. The fraction of sp³-hybridized carbons (Fsp3) is 0.647. The van der Waals surface area contributed by atoms with Crippen molar-refractivity contribution in [3.63, 3.8) is 0 Å². The summed E-state index contributed by atoms with van der Waals surface area (Å²) in [6.07, 6.45) is 0.110. The van der Waals surface area contributed by atoms with Crippen LogP contribution in [0.2, 0.25) is 0 Å². The number of likely N-dealkylation sites (tertiary alicyclic amines) is 1. The van der Waals surface area contributed by atoms with Crippen LogP contribution in [0.4, 0.5) is 5.82 Å². The number of aromatic nitrogens is 1. The van der Waals surface area contributed by atoms with Crippen LogP contribution in [-0.4, -0.2) is 48.3 Å². The van der Waals surface area contributed by atoms with Crippen molar-refractivity contribution in [3.8, 4) is 6.07 Å². The molecule has 2 heterocycles. The minimum Gasteiger partial charge on any atom is -0.378 e. The topological polar surface area (TPSA) is 61.2 Å². The van der Waals surface area contributed by atoms with E-state index in [0.29, 0.717) is 23.3 Å². The van der Waals surface area contributed by atoms with E-state index in [1.807, 2.05) is 12.1 Å². The Morgan fingerprint density at radius 1 is 1.32 bits per heavy atom. The van der Waals surface area contributed by atoms with Crippen molar-refractivity contribution in [3.05, 3.63) is 23.4 Å². The molecule has 1 aromatic heterocycles. The molecule has 1 fully saturated rings. The average molecular weight is 302 g/mol. The number of methoxy groups -OCH3 is 1. The van der Waals surface area contributed by atoms with Crippen molar-refractivity contribution in [2.45, 2.75) is 51.8 Å². The second-order valence-corrected chi connectivity index (χ2v) is 6.47. The lowest BCUT2D eigenvalue weighted by Gasteiger charge is -2.21. The molecule has 0 aromatic carbocycles. The summed E-state index contributed by atoms with van der Waals surface area (Å²) >= 11 is 0. The van der Waals surface area contributed by atoms with E-state index in [4.69, 9.17) is 4.74 Å². The van der Waals surface area contributed by atoms with Gasteiger partial charge in [0.25, 0.3) is 0 Å². The zero-order valence-electron chi connectivity index (χ0n) is 14.1. The molecule has 0 unspecified atom stereocenters. The molecule has 120 valence electrons. The number of ether oxygens (including phenoxy) is 1. The summed E-state index contributed by atoms with van der Waals surface area (Å²) in [5, 5.41) is 12.8. The third-order valence-electron chi connectivity index (χ3n) is 4.28. The van der Waals surface area contributed by atoms with Crippen molar-refractivity contribution in [2.24, 2.45) is 0 Å². The summed E-state index contributed by atoms with van der Waals surface area (Å²) in [5.74, 6) is 1.01. The van der Waals surface area contributed by atoms with Gasteiger partial charge in [-0.05, 0) is 31.9 Å². The number of rotatable bonds is 5. The monoisotopic (exact) mass is 302 g/mol. The molecule has 2 atom stereocenters. The minimum atomic E-state index is 0.110. The fourth-order valence-corrected chi connectivity index (χ4v) is 2.77. The van der Waals surface area contributed by atoms with Gasteiger partial charge < -0.3 is 10.1 Å². The highest BCUT2D eigenvalue weighted by molar-refractivity contribution is 5.53. The van der Waals surface area contributed by atoms with Crippen LogP contribution >= 0.6 is 0 Å². The van der Waals surface area contributed by atoms with Gasteiger partial charge >= 0.3 is 0 Å². The van der Waals surface area contributed by atoms with Crippen molar-refractivity contribution in [2.75, 3.05) is 25.5 Å². The first-order valence-corrected chi connectivity index (χ1v) is 7.90. The van der Waals surface area contributed by atoms with Crippen molar-refractivity contribution in [1.82, 2.24) is 9.88 Å². The molecule has 1 aliphatic rings. The molecule has 0 saturated carbocycles. The maximum atomic E-state index is 9.31. The van der Waals surface area contributed by atoms with E-state index in [1.165, 1.54) is 0 Å². The molecule has 5 heteroatoms. The van der Waals surface area contributed by atoms with Crippen molar-refractivity contribution < 1.29 is 4.74 Å². The van der Waals surface area contributed by atoms with E-state index in [9.17, 15) is 5.26 Å². The van der Waals surface area contributed by atoms with Gasteiger partial charge in [-0.3, -0.25) is 4.90 Å². The Morgan fingerprint density at radius 3 is 2.59 bits per heavy atom. The summed E-state index contributed by atoms with van der Waals surface area (Å²) in [5.41, 5.74) is 1.58. The van der Waals surface area contributed by atoms with Crippen LogP contribution in [0.1, 0.15) is 44.9 Å². The zero-order valence-corrected chi connectivity index (χ0v) is 14.1. The predicted molar refractivity (Wildman–Crippen MR) is 88.0 cm³/mol. The molecule has 22 heavy (non-hydrogen) atoms. The van der Waals surface area contributed by atoms with Gasteiger partial charge in [0.15, 0.2) is 0 Å². The second kappa shape index (κ2) is 7.08. The number of nitrogens with one attached hydrogen (secondary N) is 1. The number of anilines is 1. The summed E-state index contributed by atoms with van der Waals surface area (Å²) in [6.45, 7) is 10.4. The van der Waals surface area contributed by atoms with Gasteiger partial charge in [0.1, 0.15) is 11.9 Å². The summed E-state index contributed by atoms with van der Waals surface area (Å²) in [4.78, 5) is 7.02. The molecular formula is C17H26N4O. The zero-order chi connectivity index (χ0) is 16.3. The molecule has 2 rings (SSSR count). The van der Waals surface area contributed by atoms with Crippen LogP contribution in [0.15, 0.2) is 12.1 Å². The number of nitriles is 1. The van der Waals surface area contributed by atoms with Gasteiger partial charge in [-0.15, -0.1) is 0 Å². The number of nitrogens with zero attached hydrogens (tertiary/aromatic N) is 3. The van der Waals surface area contributed by atoms with Gasteiger partial charge in [0.2, 0.25) is 0 Å². The van der Waals surface area contributed by atoms with Gasteiger partial charge in [0, 0.05) is 31.9 Å². The molecular weight excluding hydrogens is 276 g/mol. The van der Waals surface area contributed by atoms with Crippen LogP contribution in [0.3, 0.4) is 0 Å². The Morgan fingerprint density at radius 2 is 2.05 bits per heavy atom. The van der Waals surface area contributed by atoms with Gasteiger partial charge in [-0.1, -0.05) is 13.8 Å². The Bertz CT molecular complexity index is 550. The molecule has 0 radical (unpaired) electrons. The highest BCUT2D eigenvalue weighted by Gasteiger charge is 2.34. The smallest absolute Gasteiger partial charge is 0.144 e. The van der Waals surface area contributed by atoms with E-state index in [1.54, 1.807) is 7.11 Å². The van der Waals surface area contributed by atoms with Crippen LogP contribution in [-0.2, 0) is 4.74 Å². The molecule has 1 aromatic rings. The maximum absolute atomic E-state index is 9.31. The molecule has 5 nitrogen and oxygen atoms in total. The third kappa shape index (κ3) is 3.57. The first-order valence-electron chi connectivity index (χ1n) is 7.90. The van der Waals surface area contributed by atoms with Gasteiger partial charge in [-0.2, -0.15) is 5.26 Å².